The maximum Gasteiger partial charge on any atom is 0.416 e. The Morgan fingerprint density at radius 1 is 1.02 bits per heavy atom. The van der Waals surface area contributed by atoms with Crippen molar-refractivity contribution in [3.8, 4) is 0 Å². The average molecular weight is 634 g/mol. The normalized spacial score (nSPS) is 18.4. The van der Waals surface area contributed by atoms with Crippen LogP contribution in [-0.2, 0) is 25.2 Å². The number of rotatable bonds is 10. The molecule has 12 heteroatoms. The molecule has 44 heavy (non-hydrogen) atoms. The minimum Gasteiger partial charge on any atom is -0.412 e. The quantitative estimate of drug-likeness (QED) is 0.355. The molecule has 0 spiro atoms. The number of hydrogen-bond acceptors (Lipinski definition) is 5. The van der Waals surface area contributed by atoms with Crippen LogP contribution >= 0.6 is 0 Å². The van der Waals surface area contributed by atoms with Gasteiger partial charge in [-0.2, -0.15) is 13.2 Å². The standard InChI is InChI=1S/C32H42F3N3O5Si/c1-21(43-44(6,7)31(3,4)5)28-30(42)38(26(19-37(28)22(2)39)24-16-12-9-13-17-24)20-27(40)36-25(29(41)32(33,34)35)18-23-14-10-8-11-15-23/h8-17,19,21,25,28-29,41H,18,20H2,1-7H3,(H,36,40). The molecule has 1 heterocycles. The lowest BCUT2D eigenvalue weighted by Crippen LogP contribution is -2.60. The summed E-state index contributed by atoms with van der Waals surface area (Å²) in [6.07, 6.45) is -7.40. The van der Waals surface area contributed by atoms with Crippen LogP contribution in [0.2, 0.25) is 18.1 Å². The van der Waals surface area contributed by atoms with Crippen molar-refractivity contribution in [1.82, 2.24) is 15.1 Å². The lowest BCUT2D eigenvalue weighted by Gasteiger charge is -2.45. The molecule has 1 aliphatic heterocycles. The van der Waals surface area contributed by atoms with Gasteiger partial charge in [0, 0.05) is 13.1 Å². The van der Waals surface area contributed by atoms with Crippen molar-refractivity contribution in [1.29, 1.82) is 0 Å². The van der Waals surface area contributed by atoms with Gasteiger partial charge in [0.2, 0.25) is 11.8 Å². The molecule has 0 aromatic heterocycles. The van der Waals surface area contributed by atoms with E-state index >= 15 is 0 Å². The highest BCUT2D eigenvalue weighted by Gasteiger charge is 2.47. The summed E-state index contributed by atoms with van der Waals surface area (Å²) in [7, 11) is -2.41. The number of aliphatic hydroxyl groups excluding tert-OH is 1. The lowest BCUT2D eigenvalue weighted by molar-refractivity contribution is -0.212. The Morgan fingerprint density at radius 2 is 1.57 bits per heavy atom. The number of halogens is 3. The summed E-state index contributed by atoms with van der Waals surface area (Å²) in [5, 5.41) is 12.3. The predicted molar refractivity (Wildman–Crippen MR) is 164 cm³/mol. The second-order valence-corrected chi connectivity index (χ2v) is 17.4. The van der Waals surface area contributed by atoms with Crippen LogP contribution in [0.1, 0.15) is 45.7 Å². The van der Waals surface area contributed by atoms with Crippen molar-refractivity contribution in [3.63, 3.8) is 0 Å². The highest BCUT2D eigenvalue weighted by atomic mass is 28.4. The fourth-order valence-corrected chi connectivity index (χ4v) is 6.25. The SMILES string of the molecule is CC(=O)N1C=C(c2ccccc2)N(CC(=O)NC(Cc2ccccc2)C(O)C(F)(F)F)C(=O)C1C(C)O[Si](C)(C)C(C)(C)C. The first-order chi connectivity index (χ1) is 20.3. The number of carbonyl (C=O) groups excluding carboxylic acids is 3. The predicted octanol–water partition coefficient (Wildman–Crippen LogP) is 5.11. The Labute approximate surface area is 258 Å². The summed E-state index contributed by atoms with van der Waals surface area (Å²) in [6, 6.07) is 14.0. The average Bonchev–Trinajstić information content (AvgIpc) is 2.92. The second kappa shape index (κ2) is 13.7. The summed E-state index contributed by atoms with van der Waals surface area (Å²) in [5.74, 6) is -1.93. The van der Waals surface area contributed by atoms with Crippen LogP contribution in [0.4, 0.5) is 13.2 Å². The lowest BCUT2D eigenvalue weighted by atomic mass is 10.00. The van der Waals surface area contributed by atoms with Gasteiger partial charge in [0.05, 0.1) is 17.8 Å². The van der Waals surface area contributed by atoms with Crippen molar-refractivity contribution < 1.29 is 37.1 Å². The molecule has 2 aromatic carbocycles. The fourth-order valence-electron chi connectivity index (χ4n) is 4.83. The molecule has 3 rings (SSSR count). The highest BCUT2D eigenvalue weighted by Crippen LogP contribution is 2.39. The third-order valence-electron chi connectivity index (χ3n) is 8.20. The summed E-state index contributed by atoms with van der Waals surface area (Å²) in [5.41, 5.74) is 1.23. The van der Waals surface area contributed by atoms with Crippen LogP contribution < -0.4 is 5.32 Å². The van der Waals surface area contributed by atoms with Gasteiger partial charge in [0.25, 0.3) is 5.91 Å². The fraction of sp³-hybridized carbons (Fsp3) is 0.469. The maximum atomic E-state index is 14.2. The highest BCUT2D eigenvalue weighted by molar-refractivity contribution is 6.74. The van der Waals surface area contributed by atoms with Crippen LogP contribution in [0.3, 0.4) is 0 Å². The molecule has 0 fully saturated rings. The molecule has 2 N–H and O–H groups in total. The number of amides is 3. The van der Waals surface area contributed by atoms with Crippen LogP contribution in [0.15, 0.2) is 66.9 Å². The largest absolute Gasteiger partial charge is 0.416 e. The molecule has 0 aliphatic carbocycles. The van der Waals surface area contributed by atoms with Crippen LogP contribution in [0.5, 0.6) is 0 Å². The zero-order chi connectivity index (χ0) is 33.0. The Morgan fingerprint density at radius 3 is 2.07 bits per heavy atom. The summed E-state index contributed by atoms with van der Waals surface area (Å²) in [4.78, 5) is 43.0. The van der Waals surface area contributed by atoms with E-state index in [-0.39, 0.29) is 17.2 Å². The number of aliphatic hydroxyl groups is 1. The van der Waals surface area contributed by atoms with Crippen molar-refractivity contribution in [2.24, 2.45) is 0 Å². The van der Waals surface area contributed by atoms with Gasteiger partial charge in [-0.25, -0.2) is 0 Å². The molecule has 1 aliphatic rings. The van der Waals surface area contributed by atoms with E-state index in [1.54, 1.807) is 67.6 Å². The number of carbonyl (C=O) groups is 3. The minimum absolute atomic E-state index is 0.197. The Kier molecular flexibility index (Phi) is 10.9. The Hall–Kier alpha value is -3.48. The molecule has 2 aromatic rings. The topological polar surface area (TPSA) is 99.2 Å². The minimum atomic E-state index is -4.99. The molecule has 8 nitrogen and oxygen atoms in total. The van der Waals surface area contributed by atoms with E-state index in [0.717, 1.165) is 0 Å². The van der Waals surface area contributed by atoms with Gasteiger partial charge in [-0.05, 0) is 42.6 Å². The molecular formula is C32H42F3N3O5Si. The van der Waals surface area contributed by atoms with Gasteiger partial charge in [-0.3, -0.25) is 19.3 Å². The molecule has 0 bridgehead atoms. The number of alkyl halides is 3. The second-order valence-electron chi connectivity index (χ2n) is 12.6. The van der Waals surface area contributed by atoms with E-state index in [1.807, 2.05) is 33.9 Å². The Bertz CT molecular complexity index is 1350. The molecular weight excluding hydrogens is 591 g/mol. The van der Waals surface area contributed by atoms with Gasteiger partial charge >= 0.3 is 6.18 Å². The maximum absolute atomic E-state index is 14.2. The van der Waals surface area contributed by atoms with E-state index < -0.39 is 63.1 Å². The van der Waals surface area contributed by atoms with E-state index in [4.69, 9.17) is 4.43 Å². The monoisotopic (exact) mass is 633 g/mol. The van der Waals surface area contributed by atoms with Crippen LogP contribution in [-0.4, -0.2) is 78.0 Å². The summed E-state index contributed by atoms with van der Waals surface area (Å²) in [6.45, 7) is 12.6. The van der Waals surface area contributed by atoms with Gasteiger partial charge < -0.3 is 19.7 Å². The molecule has 3 amide bonds. The van der Waals surface area contributed by atoms with Gasteiger partial charge in [-0.15, -0.1) is 0 Å². The third kappa shape index (κ3) is 8.36. The molecule has 0 saturated carbocycles. The van der Waals surface area contributed by atoms with E-state index in [1.165, 1.54) is 22.9 Å². The van der Waals surface area contributed by atoms with Crippen molar-refractivity contribution in [2.75, 3.05) is 6.54 Å². The van der Waals surface area contributed by atoms with Gasteiger partial charge in [0.15, 0.2) is 14.4 Å². The molecule has 240 valence electrons. The van der Waals surface area contributed by atoms with Crippen LogP contribution in [0, 0.1) is 0 Å². The summed E-state index contributed by atoms with van der Waals surface area (Å²) >= 11 is 0. The zero-order valence-corrected chi connectivity index (χ0v) is 27.2. The first-order valence-electron chi connectivity index (χ1n) is 14.5. The number of benzene rings is 2. The number of nitrogens with zero attached hydrogens (tertiary/aromatic N) is 2. The first-order valence-corrected chi connectivity index (χ1v) is 17.4. The zero-order valence-electron chi connectivity index (χ0n) is 26.2. The smallest absolute Gasteiger partial charge is 0.412 e. The van der Waals surface area contributed by atoms with E-state index in [9.17, 15) is 32.7 Å². The molecule has 4 unspecified atom stereocenters. The molecule has 4 atom stereocenters. The molecule has 0 saturated heterocycles. The van der Waals surface area contributed by atoms with Crippen LogP contribution in [0.25, 0.3) is 5.70 Å². The molecule has 0 radical (unpaired) electrons. The number of hydrogen-bond donors (Lipinski definition) is 2. The first kappa shape index (κ1) is 35.0. The van der Waals surface area contributed by atoms with Crippen molar-refractivity contribution in [3.05, 3.63) is 78.0 Å². The van der Waals surface area contributed by atoms with E-state index in [2.05, 4.69) is 5.32 Å². The van der Waals surface area contributed by atoms with E-state index in [0.29, 0.717) is 11.1 Å². The van der Waals surface area contributed by atoms with Crippen molar-refractivity contribution in [2.45, 2.75) is 89.6 Å². The third-order valence-corrected chi connectivity index (χ3v) is 12.8. The van der Waals surface area contributed by atoms with Gasteiger partial charge in [0.1, 0.15) is 12.6 Å². The summed E-state index contributed by atoms with van der Waals surface area (Å²) < 4.78 is 47.3. The van der Waals surface area contributed by atoms with Gasteiger partial charge in [-0.1, -0.05) is 81.4 Å². The number of nitrogens with one attached hydrogen (secondary N) is 1. The Balaban J connectivity index is 2.00. The van der Waals surface area contributed by atoms with Crippen molar-refractivity contribution >= 4 is 31.7 Å².